The maximum absolute atomic E-state index is 2.39. The van der Waals surface area contributed by atoms with E-state index in [4.69, 9.17) is 0 Å². The first-order valence-electron chi connectivity index (χ1n) is 22.3. The smallest absolute Gasteiger partial charge is 0.137 e. The number of unbranched alkanes of at least 4 members (excludes halogenated alkanes) is 30. The largest absolute Gasteiger partial charge is 0.259 e. The Balaban J connectivity index is 1.64. The normalized spacial score (nSPS) is 11.8. The van der Waals surface area contributed by atoms with Gasteiger partial charge in [0.05, 0.1) is 13.1 Å². The van der Waals surface area contributed by atoms with E-state index in [-0.39, 0.29) is 0 Å². The minimum Gasteiger partial charge on any atom is -0.259 e. The van der Waals surface area contributed by atoms with Crippen molar-refractivity contribution in [2.45, 2.75) is 219 Å². The summed E-state index contributed by atoms with van der Waals surface area (Å²) in [4.78, 5) is 0. The van der Waals surface area contributed by atoms with Gasteiger partial charge in [0.25, 0.3) is 0 Å². The number of hydrogen-bond acceptors (Lipinski definition) is 0. The average Bonchev–Trinajstić information content (AvgIpc) is 3.14. The Labute approximate surface area is 308 Å². The van der Waals surface area contributed by atoms with E-state index in [9.17, 15) is 0 Å². The van der Waals surface area contributed by atoms with Crippen molar-refractivity contribution in [2.75, 3.05) is 13.1 Å². The van der Waals surface area contributed by atoms with E-state index in [2.05, 4.69) is 74.5 Å². The molecular weight excluding hydrogens is 591 g/mol. The standard InChI is InChI=1S/C48H84N/c1-3-5-7-9-11-13-15-17-19-21-23-25-27-29-31-39-45-49(47-41-35-33-36-42-47,48-43-37-34-38-44-48)46-40-32-30-28-26-24-22-20-18-16-14-12-10-8-6-4-2/h33-38,41-44H,3-32,39-40,45-46H2,1-2H3/q+1. The third-order valence-electron chi connectivity index (χ3n) is 11.3. The zero-order valence-electron chi connectivity index (χ0n) is 33.3. The maximum atomic E-state index is 2.39. The molecule has 0 radical (unpaired) electrons. The van der Waals surface area contributed by atoms with Gasteiger partial charge in [-0.05, 0) is 49.9 Å². The Morgan fingerprint density at radius 2 is 0.469 bits per heavy atom. The molecule has 0 saturated carbocycles. The van der Waals surface area contributed by atoms with Gasteiger partial charge in [0.1, 0.15) is 11.4 Å². The molecule has 49 heavy (non-hydrogen) atoms. The summed E-state index contributed by atoms with van der Waals surface area (Å²) in [5, 5.41) is 0. The first-order valence-corrected chi connectivity index (χ1v) is 22.3. The van der Waals surface area contributed by atoms with Crippen molar-refractivity contribution in [1.29, 1.82) is 0 Å². The van der Waals surface area contributed by atoms with Crippen LogP contribution in [0.3, 0.4) is 0 Å². The van der Waals surface area contributed by atoms with Gasteiger partial charge < -0.3 is 0 Å². The highest BCUT2D eigenvalue weighted by Crippen LogP contribution is 2.36. The van der Waals surface area contributed by atoms with Gasteiger partial charge in [-0.25, -0.2) is 0 Å². The minimum absolute atomic E-state index is 1.03. The third kappa shape index (κ3) is 22.1. The highest BCUT2D eigenvalue weighted by atomic mass is 15.4. The topological polar surface area (TPSA) is 0 Å². The summed E-state index contributed by atoms with van der Waals surface area (Å²) in [6.45, 7) is 7.08. The Kier molecular flexibility index (Phi) is 28.7. The molecule has 0 saturated heterocycles. The molecule has 2 aromatic carbocycles. The number of hydrogen-bond donors (Lipinski definition) is 0. The number of para-hydroxylation sites is 2. The van der Waals surface area contributed by atoms with Gasteiger partial charge in [0.15, 0.2) is 0 Å². The van der Waals surface area contributed by atoms with Crippen molar-refractivity contribution in [3.63, 3.8) is 0 Å². The van der Waals surface area contributed by atoms with E-state index >= 15 is 0 Å². The second-order valence-corrected chi connectivity index (χ2v) is 15.7. The molecule has 2 rings (SSSR count). The van der Waals surface area contributed by atoms with Crippen molar-refractivity contribution in [3.8, 4) is 0 Å². The first-order chi connectivity index (χ1) is 24.3. The minimum atomic E-state index is 1.03. The molecule has 0 amide bonds. The van der Waals surface area contributed by atoms with Crippen LogP contribution in [0.1, 0.15) is 219 Å². The second-order valence-electron chi connectivity index (χ2n) is 15.7. The molecule has 1 nitrogen and oxygen atoms in total. The van der Waals surface area contributed by atoms with Crippen LogP contribution in [0.15, 0.2) is 60.7 Å². The fraction of sp³-hybridized carbons (Fsp3) is 0.750. The molecule has 0 heterocycles. The molecule has 0 unspecified atom stereocenters. The van der Waals surface area contributed by atoms with Gasteiger partial charge in [-0.15, -0.1) is 0 Å². The van der Waals surface area contributed by atoms with Crippen molar-refractivity contribution in [2.24, 2.45) is 0 Å². The van der Waals surface area contributed by atoms with Crippen LogP contribution >= 0.6 is 0 Å². The molecule has 0 aliphatic rings. The number of nitrogens with zero attached hydrogens (tertiary/aromatic N) is 1. The molecule has 0 aliphatic carbocycles. The van der Waals surface area contributed by atoms with Crippen LogP contribution < -0.4 is 4.48 Å². The van der Waals surface area contributed by atoms with Crippen LogP contribution in [0.5, 0.6) is 0 Å². The van der Waals surface area contributed by atoms with E-state index in [1.807, 2.05) is 0 Å². The molecule has 0 aromatic heterocycles. The predicted octanol–water partition coefficient (Wildman–Crippen LogP) is 16.8. The quantitative estimate of drug-likeness (QED) is 0.0498. The summed E-state index contributed by atoms with van der Waals surface area (Å²) in [6.07, 6.45) is 45.8. The van der Waals surface area contributed by atoms with E-state index in [0.717, 1.165) is 4.48 Å². The lowest BCUT2D eigenvalue weighted by Gasteiger charge is -2.38. The molecule has 0 atom stereocenters. The Bertz CT molecular complexity index is 843. The Morgan fingerprint density at radius 3 is 0.694 bits per heavy atom. The highest BCUT2D eigenvalue weighted by molar-refractivity contribution is 5.58. The molecule has 2 aromatic rings. The summed E-state index contributed by atoms with van der Waals surface area (Å²) in [5.74, 6) is 0. The van der Waals surface area contributed by atoms with Crippen LogP contribution in [-0.4, -0.2) is 13.1 Å². The number of rotatable bonds is 36. The van der Waals surface area contributed by atoms with E-state index in [1.54, 1.807) is 0 Å². The monoisotopic (exact) mass is 675 g/mol. The van der Waals surface area contributed by atoms with Crippen molar-refractivity contribution >= 4 is 11.4 Å². The van der Waals surface area contributed by atoms with Gasteiger partial charge in [0, 0.05) is 0 Å². The van der Waals surface area contributed by atoms with Crippen molar-refractivity contribution in [1.82, 2.24) is 4.48 Å². The molecule has 0 spiro atoms. The third-order valence-corrected chi connectivity index (χ3v) is 11.3. The zero-order chi connectivity index (χ0) is 34.8. The van der Waals surface area contributed by atoms with Gasteiger partial charge >= 0.3 is 0 Å². The molecule has 1 heteroatoms. The van der Waals surface area contributed by atoms with Crippen LogP contribution in [0.25, 0.3) is 0 Å². The molecule has 0 bridgehead atoms. The maximum Gasteiger partial charge on any atom is 0.137 e. The Morgan fingerprint density at radius 1 is 0.265 bits per heavy atom. The van der Waals surface area contributed by atoms with Gasteiger partial charge in [-0.1, -0.05) is 230 Å². The van der Waals surface area contributed by atoms with Gasteiger partial charge in [-0.2, -0.15) is 0 Å². The van der Waals surface area contributed by atoms with Gasteiger partial charge in [-0.3, -0.25) is 4.48 Å². The van der Waals surface area contributed by atoms with E-state index < -0.39 is 0 Å². The van der Waals surface area contributed by atoms with Crippen LogP contribution in [0.4, 0.5) is 11.4 Å². The summed E-state index contributed by atoms with van der Waals surface area (Å²) in [5.41, 5.74) is 2.96. The van der Waals surface area contributed by atoms with Gasteiger partial charge in [0.2, 0.25) is 0 Å². The van der Waals surface area contributed by atoms with Crippen molar-refractivity contribution < 1.29 is 0 Å². The molecule has 280 valence electrons. The molecule has 0 N–H and O–H groups in total. The highest BCUT2D eigenvalue weighted by Gasteiger charge is 2.32. The first kappa shape index (κ1) is 43.6. The van der Waals surface area contributed by atoms with E-state index in [1.165, 1.54) is 230 Å². The summed E-state index contributed by atoms with van der Waals surface area (Å²) in [7, 11) is 0. The van der Waals surface area contributed by atoms with Crippen LogP contribution in [0, 0.1) is 0 Å². The predicted molar refractivity (Wildman–Crippen MR) is 223 cm³/mol. The SMILES string of the molecule is CCCCCCCCCCCCCCCCCC[N+](CCCCCCCCCCCCCCCCCC)(c1ccccc1)c1ccccc1. The lowest BCUT2D eigenvalue weighted by atomic mass is 10.0. The second kappa shape index (κ2) is 32.3. The lowest BCUT2D eigenvalue weighted by molar-refractivity contribution is 0.353. The molecular formula is C48H84N+. The average molecular weight is 675 g/mol. The summed E-state index contributed by atoms with van der Waals surface area (Å²) >= 11 is 0. The summed E-state index contributed by atoms with van der Waals surface area (Å²) in [6, 6.07) is 23.0. The van der Waals surface area contributed by atoms with E-state index in [0.29, 0.717) is 0 Å². The van der Waals surface area contributed by atoms with Crippen molar-refractivity contribution in [3.05, 3.63) is 60.7 Å². The lowest BCUT2D eigenvalue weighted by Crippen LogP contribution is -2.46. The van der Waals surface area contributed by atoms with Crippen LogP contribution in [-0.2, 0) is 0 Å². The summed E-state index contributed by atoms with van der Waals surface area (Å²) < 4.78 is 1.03. The number of benzene rings is 2. The molecule has 0 aliphatic heterocycles. The zero-order valence-corrected chi connectivity index (χ0v) is 33.3. The van der Waals surface area contributed by atoms with Crippen LogP contribution in [0.2, 0.25) is 0 Å². The fourth-order valence-electron chi connectivity index (χ4n) is 8.06. The Hall–Kier alpha value is -1.60. The number of quaternary nitrogens is 1. The fourth-order valence-corrected chi connectivity index (χ4v) is 8.06. The molecule has 0 fully saturated rings.